The average Bonchev–Trinajstić information content (AvgIpc) is 3.28. The van der Waals surface area contributed by atoms with Crippen molar-refractivity contribution in [2.75, 3.05) is 104 Å². The van der Waals surface area contributed by atoms with Crippen LogP contribution in [0.25, 0.3) is 0 Å². The summed E-state index contributed by atoms with van der Waals surface area (Å²) in [6.45, 7) is 0.958. The molecule has 0 unspecified atom stereocenters. The number of urea groups is 2. The molecule has 4 amide bonds. The number of carbonyl (C=O) groups excluding carboxylic acids is 2. The third-order valence-electron chi connectivity index (χ3n) is 11.7. The number of nitrogens with zero attached hydrogens (tertiary/aromatic N) is 2. The van der Waals surface area contributed by atoms with Crippen LogP contribution in [0.4, 0.5) is 159 Å². The number of nitrogens with one attached hydrogen (secondary N) is 4. The van der Waals surface area contributed by atoms with E-state index in [4.69, 9.17) is 0 Å². The molecular weight excluding hydrogens is 1290 g/mol. The molecule has 0 saturated heterocycles. The summed E-state index contributed by atoms with van der Waals surface area (Å²) >= 11 is 0.360. The smallest absolute Gasteiger partial charge is 0.338 e. The second-order valence-corrected chi connectivity index (χ2v) is 21.7. The Hall–Kier alpha value is -3.22. The van der Waals surface area contributed by atoms with Gasteiger partial charge in [0.1, 0.15) is 0 Å². The van der Waals surface area contributed by atoms with Gasteiger partial charge in [-0.05, 0) is 35.9 Å². The molecule has 0 aliphatic carbocycles. The molecule has 0 aromatic rings. The number of quaternary nitrogens is 2. The molecule has 0 atom stereocenters. The Morgan fingerprint density at radius 2 is 0.506 bits per heavy atom. The quantitative estimate of drug-likeness (QED) is 0.0286. The molecule has 0 heterocycles. The predicted molar refractivity (Wildman–Crippen MR) is 226 cm³/mol. The van der Waals surface area contributed by atoms with Crippen LogP contribution in [-0.2, 0) is 0 Å². The van der Waals surface area contributed by atoms with E-state index in [9.17, 15) is 159 Å². The molecule has 4 N–H and O–H groups in total. The molecule has 0 bridgehead atoms. The summed E-state index contributed by atoms with van der Waals surface area (Å²) in [6.07, 6.45) is -20.8. The first-order valence-electron chi connectivity index (χ1n) is 22.7. The van der Waals surface area contributed by atoms with E-state index in [1.165, 1.54) is 0 Å². The minimum absolute atomic E-state index is 0.0145. The van der Waals surface area contributed by atoms with Crippen LogP contribution in [0.15, 0.2) is 0 Å². The highest BCUT2D eigenvalue weighted by molar-refractivity contribution is 7.99. The molecule has 83 heavy (non-hydrogen) atoms. The molecule has 0 aromatic carbocycles. The Morgan fingerprint density at radius 3 is 0.747 bits per heavy atom. The molecule has 0 aliphatic heterocycles. The van der Waals surface area contributed by atoms with Crippen molar-refractivity contribution in [3.05, 3.63) is 0 Å². The van der Waals surface area contributed by atoms with Crippen molar-refractivity contribution < 1.29 is 168 Å². The van der Waals surface area contributed by atoms with E-state index in [1.54, 1.807) is 28.2 Å². The number of rotatable bonds is 36. The Labute approximate surface area is 455 Å². The number of carbonyl (C=O) groups is 2. The first-order valence-corrected chi connectivity index (χ1v) is 25.0. The van der Waals surface area contributed by atoms with Gasteiger partial charge in [0, 0.05) is 32.4 Å². The number of halogens is 34. The second-order valence-electron chi connectivity index (χ2n) is 19.2. The largest absolute Gasteiger partial charge is 0.460 e. The molecule has 0 spiro atoms. The van der Waals surface area contributed by atoms with Gasteiger partial charge in [0.05, 0.1) is 67.5 Å². The van der Waals surface area contributed by atoms with Gasteiger partial charge in [-0.15, -0.1) is 0 Å². The first kappa shape index (κ1) is 79.8. The first-order chi connectivity index (χ1) is 36.4. The predicted octanol–water partition coefficient (Wildman–Crippen LogP) is 13.2. The van der Waals surface area contributed by atoms with Crippen LogP contribution >= 0.6 is 23.5 Å². The fourth-order valence-corrected chi connectivity index (χ4v) is 8.19. The molecule has 0 radical (unpaired) electrons. The van der Waals surface area contributed by atoms with E-state index in [2.05, 4.69) is 21.3 Å². The topological polar surface area (TPSA) is 82.3 Å². The van der Waals surface area contributed by atoms with Crippen molar-refractivity contribution in [1.29, 1.82) is 0 Å². The molecule has 0 fully saturated rings. The van der Waals surface area contributed by atoms with E-state index < -0.39 is 143 Å². The fraction of sp³-hybridized carbons (Fsp3) is 0.949. The van der Waals surface area contributed by atoms with Gasteiger partial charge in [0.25, 0.3) is 0 Å². The summed E-state index contributed by atoms with van der Waals surface area (Å²) in [6, 6.07) is -1.65. The van der Waals surface area contributed by atoms with E-state index >= 15 is 0 Å². The molecule has 8 nitrogen and oxygen atoms in total. The highest BCUT2D eigenvalue weighted by atomic mass is 32.2. The monoisotopic (exact) mass is 1340 g/mol. The Balaban J connectivity index is 4.80. The standard InChI is InChI=1S/C39H48F34N6O2S2/c1-78(2,16-12-76-22(80)74-10-5-18-82-20-8-24(40,41)26(44,45)28(48,49)30(52,53)32(56,57)34(60,61)36(64,65)38(68,69)70)14-7-15-79(3,4)17-13-77-23(81)75-11-6-19-83-21-9-25(42,43)27(46,47)29(50,51)31(54,55)33(58,59)35(62,63)37(66,67)39(71,72)73/h5-21H2,1-4H3,(H2-2,74,75,76,77,80,81)/p+2. The summed E-state index contributed by atoms with van der Waals surface area (Å²) in [5.74, 6) is -117. The lowest BCUT2D eigenvalue weighted by atomic mass is 9.88. The van der Waals surface area contributed by atoms with Crippen LogP contribution in [-0.4, -0.2) is 220 Å². The van der Waals surface area contributed by atoms with Crippen molar-refractivity contribution in [2.24, 2.45) is 0 Å². The summed E-state index contributed by atoms with van der Waals surface area (Å²) in [4.78, 5) is 24.3. The van der Waals surface area contributed by atoms with Crippen LogP contribution in [0.3, 0.4) is 0 Å². The van der Waals surface area contributed by atoms with Gasteiger partial charge in [-0.3, -0.25) is 0 Å². The summed E-state index contributed by atoms with van der Waals surface area (Å²) in [5, 5.41) is 9.39. The van der Waals surface area contributed by atoms with Crippen LogP contribution in [0.1, 0.15) is 32.1 Å². The van der Waals surface area contributed by atoms with Gasteiger partial charge in [-0.25, -0.2) is 9.59 Å². The molecule has 0 saturated carbocycles. The SMILES string of the molecule is C[N+](C)(CCC[N+](C)(C)CCNC(=O)NCCCSCCC(F)(F)C(F)(F)C(F)(F)C(F)(F)C(F)(F)C(F)(F)C(F)(F)C(F)(F)F)CCNC(=O)NCCCSCCC(F)(F)C(F)(F)C(F)(F)C(F)(F)C(F)(F)C(F)(F)C(F)(F)C(F)(F)F. The number of likely N-dealkylation sites (N-methyl/N-ethyl adjacent to an activating group) is 2. The maximum absolute atomic E-state index is 14.1. The zero-order valence-electron chi connectivity index (χ0n) is 42.4. The van der Waals surface area contributed by atoms with Gasteiger partial charge >= 0.3 is 107 Å². The van der Waals surface area contributed by atoms with E-state index in [-0.39, 0.29) is 84.6 Å². The lowest BCUT2D eigenvalue weighted by Crippen LogP contribution is -2.74. The summed E-state index contributed by atoms with van der Waals surface area (Å²) < 4.78 is 457. The lowest BCUT2D eigenvalue weighted by Gasteiger charge is -2.42. The van der Waals surface area contributed by atoms with Crippen molar-refractivity contribution in [2.45, 2.75) is 127 Å². The van der Waals surface area contributed by atoms with Crippen LogP contribution in [0.5, 0.6) is 0 Å². The van der Waals surface area contributed by atoms with Crippen LogP contribution in [0, 0.1) is 0 Å². The lowest BCUT2D eigenvalue weighted by molar-refractivity contribution is -0.908. The Bertz CT molecular complexity index is 1950. The minimum atomic E-state index is -8.72. The number of hydrogen-bond acceptors (Lipinski definition) is 4. The maximum Gasteiger partial charge on any atom is 0.460 e. The van der Waals surface area contributed by atoms with E-state index in [1.807, 2.05) is 0 Å². The van der Waals surface area contributed by atoms with Gasteiger partial charge in [0.15, 0.2) is 0 Å². The van der Waals surface area contributed by atoms with E-state index in [0.717, 1.165) is 0 Å². The van der Waals surface area contributed by atoms with Crippen molar-refractivity contribution in [3.63, 3.8) is 0 Å². The highest BCUT2D eigenvalue weighted by Gasteiger charge is 2.97. The fourth-order valence-electron chi connectivity index (χ4n) is 6.28. The second kappa shape index (κ2) is 26.6. The minimum Gasteiger partial charge on any atom is -0.338 e. The molecule has 0 aromatic heterocycles. The van der Waals surface area contributed by atoms with E-state index in [0.29, 0.717) is 19.5 Å². The van der Waals surface area contributed by atoms with Crippen molar-refractivity contribution in [1.82, 2.24) is 21.3 Å². The van der Waals surface area contributed by atoms with Crippen LogP contribution < -0.4 is 21.3 Å². The molecule has 496 valence electrons. The Kier molecular flexibility index (Phi) is 25.6. The summed E-state index contributed by atoms with van der Waals surface area (Å²) in [7, 11) is 6.97. The van der Waals surface area contributed by atoms with Gasteiger partial charge < -0.3 is 30.2 Å². The average molecular weight is 1340 g/mol. The third kappa shape index (κ3) is 16.7. The number of thioether (sulfide) groups is 2. The number of hydrogen-bond donors (Lipinski definition) is 4. The third-order valence-corrected chi connectivity index (χ3v) is 13.9. The Morgan fingerprint density at radius 1 is 0.289 bits per heavy atom. The number of amides is 4. The maximum atomic E-state index is 14.1. The van der Waals surface area contributed by atoms with Crippen LogP contribution in [0.2, 0.25) is 0 Å². The summed E-state index contributed by atoms with van der Waals surface area (Å²) in [5.41, 5.74) is 0. The van der Waals surface area contributed by atoms with Gasteiger partial charge in [-0.1, -0.05) is 0 Å². The highest BCUT2D eigenvalue weighted by Crippen LogP contribution is 2.66. The zero-order chi connectivity index (χ0) is 66.4. The molecular formula is C39H50F34N6O2S2+2. The number of alkyl halides is 34. The van der Waals surface area contributed by atoms with Gasteiger partial charge in [-0.2, -0.15) is 173 Å². The molecule has 44 heteroatoms. The van der Waals surface area contributed by atoms with Crippen molar-refractivity contribution >= 4 is 35.6 Å². The van der Waals surface area contributed by atoms with Gasteiger partial charge in [0.2, 0.25) is 0 Å². The normalized spacial score (nSPS) is 15.4. The molecule has 0 rings (SSSR count). The molecule has 0 aliphatic rings. The zero-order valence-corrected chi connectivity index (χ0v) is 44.0. The van der Waals surface area contributed by atoms with Crippen molar-refractivity contribution in [3.8, 4) is 0 Å².